The first kappa shape index (κ1) is 16.7. The summed E-state index contributed by atoms with van der Waals surface area (Å²) in [6, 6.07) is 2.95. The summed E-state index contributed by atoms with van der Waals surface area (Å²) in [5.74, 6) is 1.15. The zero-order valence-electron chi connectivity index (χ0n) is 14.8. The number of aryl methyl sites for hydroxylation is 1. The monoisotopic (exact) mass is 317 g/mol. The van der Waals surface area contributed by atoms with Crippen molar-refractivity contribution in [2.24, 2.45) is 0 Å². The minimum absolute atomic E-state index is 0.570. The predicted octanol–water partition coefficient (Wildman–Crippen LogP) is 3.55. The van der Waals surface area contributed by atoms with Gasteiger partial charge >= 0.3 is 0 Å². The van der Waals surface area contributed by atoms with Crippen molar-refractivity contribution >= 4 is 5.82 Å². The van der Waals surface area contributed by atoms with Crippen molar-refractivity contribution < 1.29 is 4.74 Å². The molecule has 23 heavy (non-hydrogen) atoms. The molecule has 0 saturated carbocycles. The van der Waals surface area contributed by atoms with Crippen LogP contribution in [0.3, 0.4) is 0 Å². The second-order valence-corrected chi connectivity index (χ2v) is 6.91. The number of aromatic nitrogens is 1. The molecule has 0 aliphatic carbocycles. The second-order valence-electron chi connectivity index (χ2n) is 6.91. The maximum Gasteiger partial charge on any atom is 0.131 e. The summed E-state index contributed by atoms with van der Waals surface area (Å²) >= 11 is 0. The van der Waals surface area contributed by atoms with Crippen LogP contribution in [-0.2, 0) is 4.74 Å². The van der Waals surface area contributed by atoms with E-state index in [0.29, 0.717) is 6.04 Å². The van der Waals surface area contributed by atoms with Gasteiger partial charge in [-0.15, -0.1) is 0 Å². The van der Waals surface area contributed by atoms with Crippen LogP contribution in [0, 0.1) is 6.92 Å². The Morgan fingerprint density at radius 2 is 2.04 bits per heavy atom. The number of ether oxygens (including phenoxy) is 1. The number of hydrogen-bond donors (Lipinski definition) is 0. The molecule has 2 fully saturated rings. The Kier molecular flexibility index (Phi) is 5.90. The van der Waals surface area contributed by atoms with E-state index in [1.807, 2.05) is 0 Å². The van der Waals surface area contributed by atoms with Gasteiger partial charge in [0.25, 0.3) is 0 Å². The molecule has 1 unspecified atom stereocenters. The Labute approximate surface area is 140 Å². The lowest BCUT2D eigenvalue weighted by Gasteiger charge is -2.36. The second kappa shape index (κ2) is 8.11. The van der Waals surface area contributed by atoms with E-state index in [2.05, 4.69) is 35.9 Å². The molecule has 0 aromatic carbocycles. The number of hydrogen-bond acceptors (Lipinski definition) is 4. The molecule has 1 atom stereocenters. The number of likely N-dealkylation sites (tertiary alicyclic amines) is 1. The maximum atomic E-state index is 5.46. The van der Waals surface area contributed by atoms with E-state index in [0.717, 1.165) is 32.1 Å². The van der Waals surface area contributed by atoms with E-state index < -0.39 is 0 Å². The van der Waals surface area contributed by atoms with Gasteiger partial charge in [0.1, 0.15) is 5.82 Å². The SMILES string of the molecule is CCCCN1CCCCC1c1cnc(N2CCOCC2)c(C)c1. The summed E-state index contributed by atoms with van der Waals surface area (Å²) < 4.78 is 5.46. The highest BCUT2D eigenvalue weighted by molar-refractivity contribution is 5.48. The largest absolute Gasteiger partial charge is 0.378 e. The van der Waals surface area contributed by atoms with E-state index in [1.54, 1.807) is 0 Å². The van der Waals surface area contributed by atoms with Crippen molar-refractivity contribution in [2.45, 2.75) is 52.0 Å². The lowest BCUT2D eigenvalue weighted by Crippen LogP contribution is -2.37. The molecular formula is C19H31N3O. The highest BCUT2D eigenvalue weighted by Crippen LogP contribution is 2.32. The van der Waals surface area contributed by atoms with Gasteiger partial charge in [0, 0.05) is 25.3 Å². The van der Waals surface area contributed by atoms with Crippen molar-refractivity contribution in [3.05, 3.63) is 23.4 Å². The van der Waals surface area contributed by atoms with E-state index in [4.69, 9.17) is 9.72 Å². The Balaban J connectivity index is 1.75. The molecule has 128 valence electrons. The molecule has 0 radical (unpaired) electrons. The summed E-state index contributed by atoms with van der Waals surface area (Å²) in [5.41, 5.74) is 2.72. The normalized spacial score (nSPS) is 23.2. The molecular weight excluding hydrogens is 286 g/mol. The summed E-state index contributed by atoms with van der Waals surface area (Å²) in [7, 11) is 0. The average Bonchev–Trinajstić information content (AvgIpc) is 2.61. The topological polar surface area (TPSA) is 28.6 Å². The van der Waals surface area contributed by atoms with Crippen LogP contribution in [0.2, 0.25) is 0 Å². The van der Waals surface area contributed by atoms with Gasteiger partial charge in [-0.05, 0) is 56.5 Å². The Hall–Kier alpha value is -1.13. The summed E-state index contributed by atoms with van der Waals surface area (Å²) in [6.45, 7) is 10.5. The third-order valence-electron chi connectivity index (χ3n) is 5.18. The minimum atomic E-state index is 0.570. The van der Waals surface area contributed by atoms with Crippen molar-refractivity contribution in [1.29, 1.82) is 0 Å². The van der Waals surface area contributed by atoms with Gasteiger partial charge in [0.2, 0.25) is 0 Å². The highest BCUT2D eigenvalue weighted by atomic mass is 16.5. The van der Waals surface area contributed by atoms with Crippen molar-refractivity contribution in [3.63, 3.8) is 0 Å². The zero-order chi connectivity index (χ0) is 16.1. The van der Waals surface area contributed by atoms with E-state index in [1.165, 1.54) is 56.3 Å². The summed E-state index contributed by atoms with van der Waals surface area (Å²) in [4.78, 5) is 9.87. The zero-order valence-corrected chi connectivity index (χ0v) is 14.8. The van der Waals surface area contributed by atoms with E-state index >= 15 is 0 Å². The van der Waals surface area contributed by atoms with Gasteiger partial charge in [0.05, 0.1) is 13.2 Å². The van der Waals surface area contributed by atoms with E-state index in [-0.39, 0.29) is 0 Å². The fourth-order valence-corrected chi connectivity index (χ4v) is 3.88. The van der Waals surface area contributed by atoms with Crippen LogP contribution in [0.1, 0.15) is 56.2 Å². The first-order valence-electron chi connectivity index (χ1n) is 9.33. The molecule has 2 aliphatic rings. The Morgan fingerprint density at radius 3 is 2.78 bits per heavy atom. The maximum absolute atomic E-state index is 5.46. The molecule has 4 nitrogen and oxygen atoms in total. The lowest BCUT2D eigenvalue weighted by molar-refractivity contribution is 0.122. The van der Waals surface area contributed by atoms with Crippen LogP contribution in [-0.4, -0.2) is 49.3 Å². The minimum Gasteiger partial charge on any atom is -0.378 e. The molecule has 1 aromatic rings. The van der Waals surface area contributed by atoms with Crippen molar-refractivity contribution in [1.82, 2.24) is 9.88 Å². The molecule has 3 rings (SSSR count). The van der Waals surface area contributed by atoms with Crippen LogP contribution in [0.15, 0.2) is 12.3 Å². The molecule has 0 N–H and O–H groups in total. The smallest absolute Gasteiger partial charge is 0.131 e. The molecule has 2 aliphatic heterocycles. The van der Waals surface area contributed by atoms with Crippen LogP contribution in [0.4, 0.5) is 5.82 Å². The third-order valence-corrected chi connectivity index (χ3v) is 5.18. The van der Waals surface area contributed by atoms with Gasteiger partial charge in [-0.2, -0.15) is 0 Å². The van der Waals surface area contributed by atoms with Gasteiger partial charge in [-0.25, -0.2) is 4.98 Å². The quantitative estimate of drug-likeness (QED) is 0.830. The van der Waals surface area contributed by atoms with Gasteiger partial charge in [-0.1, -0.05) is 19.8 Å². The molecule has 1 aromatic heterocycles. The molecule has 0 amide bonds. The molecule has 0 bridgehead atoms. The first-order valence-corrected chi connectivity index (χ1v) is 9.33. The van der Waals surface area contributed by atoms with Gasteiger partial charge < -0.3 is 9.64 Å². The number of unbranched alkanes of at least 4 members (excludes halogenated alkanes) is 1. The first-order chi connectivity index (χ1) is 11.3. The number of pyridine rings is 1. The van der Waals surface area contributed by atoms with Crippen molar-refractivity contribution in [3.8, 4) is 0 Å². The molecule has 2 saturated heterocycles. The molecule has 4 heteroatoms. The number of piperidine rings is 1. The van der Waals surface area contributed by atoms with Crippen LogP contribution in [0.25, 0.3) is 0 Å². The standard InChI is InChI=1S/C19H31N3O/c1-3-4-8-21-9-6-5-7-18(21)17-14-16(2)19(20-15-17)22-10-12-23-13-11-22/h14-15,18H,3-13H2,1-2H3. The van der Waals surface area contributed by atoms with Crippen LogP contribution < -0.4 is 4.90 Å². The summed E-state index contributed by atoms with van der Waals surface area (Å²) in [6.07, 6.45) is 8.68. The molecule has 0 spiro atoms. The van der Waals surface area contributed by atoms with Crippen LogP contribution in [0.5, 0.6) is 0 Å². The fourth-order valence-electron chi connectivity index (χ4n) is 3.88. The van der Waals surface area contributed by atoms with Gasteiger partial charge in [0.15, 0.2) is 0 Å². The third kappa shape index (κ3) is 4.04. The average molecular weight is 317 g/mol. The highest BCUT2D eigenvalue weighted by Gasteiger charge is 2.24. The van der Waals surface area contributed by atoms with Crippen molar-refractivity contribution in [2.75, 3.05) is 44.3 Å². The Bertz CT molecular complexity index is 499. The number of rotatable bonds is 5. The van der Waals surface area contributed by atoms with Gasteiger partial charge in [-0.3, -0.25) is 4.90 Å². The number of morpholine rings is 1. The molecule has 3 heterocycles. The van der Waals surface area contributed by atoms with E-state index in [9.17, 15) is 0 Å². The lowest BCUT2D eigenvalue weighted by atomic mass is 9.95. The Morgan fingerprint density at radius 1 is 1.22 bits per heavy atom. The predicted molar refractivity (Wildman–Crippen MR) is 95.1 cm³/mol. The fraction of sp³-hybridized carbons (Fsp3) is 0.737. The van der Waals surface area contributed by atoms with Crippen LogP contribution >= 0.6 is 0 Å². The number of anilines is 1. The number of nitrogens with zero attached hydrogens (tertiary/aromatic N) is 3. The summed E-state index contributed by atoms with van der Waals surface area (Å²) in [5, 5.41) is 0.